The van der Waals surface area contributed by atoms with Gasteiger partial charge in [-0.1, -0.05) is 0 Å². The zero-order valence-corrected chi connectivity index (χ0v) is 12.4. The molecule has 0 aromatic carbocycles. The molecule has 1 aromatic rings. The zero-order chi connectivity index (χ0) is 13.1. The number of thioether (sulfide) groups is 1. The van der Waals surface area contributed by atoms with Crippen LogP contribution in [0.25, 0.3) is 0 Å². The molecule has 3 rings (SSSR count). The molecular weight excluding hydrogens is 258 g/mol. The molecule has 0 radical (unpaired) electrons. The van der Waals surface area contributed by atoms with E-state index in [9.17, 15) is 0 Å². The Balaban J connectivity index is 1.73. The monoisotopic (exact) mass is 281 g/mol. The lowest BCUT2D eigenvalue weighted by atomic mass is 9.78. The quantitative estimate of drug-likeness (QED) is 0.922. The minimum atomic E-state index is 0.149. The zero-order valence-electron chi connectivity index (χ0n) is 11.6. The minimum absolute atomic E-state index is 0.149. The molecule has 1 N–H and O–H groups in total. The van der Waals surface area contributed by atoms with Crippen molar-refractivity contribution < 1.29 is 9.15 Å². The van der Waals surface area contributed by atoms with Crippen LogP contribution in [0.1, 0.15) is 37.5 Å². The van der Waals surface area contributed by atoms with E-state index in [4.69, 9.17) is 9.15 Å². The fraction of sp³-hybridized carbons (Fsp3) is 0.733. The molecule has 3 heterocycles. The fourth-order valence-corrected chi connectivity index (χ4v) is 4.76. The first kappa shape index (κ1) is 13.5. The second-order valence-corrected chi connectivity index (χ2v) is 6.90. The highest BCUT2D eigenvalue weighted by Gasteiger charge is 2.41. The summed E-state index contributed by atoms with van der Waals surface area (Å²) in [5.41, 5.74) is 0.149. The van der Waals surface area contributed by atoms with Crippen molar-refractivity contribution in [3.63, 3.8) is 0 Å². The number of ether oxygens (including phenoxy) is 1. The second kappa shape index (κ2) is 5.90. The van der Waals surface area contributed by atoms with Crippen LogP contribution in [0.5, 0.6) is 0 Å². The molecule has 0 saturated carbocycles. The van der Waals surface area contributed by atoms with Gasteiger partial charge in [-0.25, -0.2) is 0 Å². The lowest BCUT2D eigenvalue weighted by molar-refractivity contribution is -0.108. The van der Waals surface area contributed by atoms with Gasteiger partial charge in [0.1, 0.15) is 5.76 Å². The van der Waals surface area contributed by atoms with Crippen molar-refractivity contribution in [2.75, 3.05) is 25.2 Å². The van der Waals surface area contributed by atoms with Crippen molar-refractivity contribution >= 4 is 11.8 Å². The van der Waals surface area contributed by atoms with Gasteiger partial charge in [0, 0.05) is 6.61 Å². The Morgan fingerprint density at radius 2 is 2.26 bits per heavy atom. The van der Waals surface area contributed by atoms with Gasteiger partial charge < -0.3 is 14.5 Å². The Labute approximate surface area is 119 Å². The highest BCUT2D eigenvalue weighted by molar-refractivity contribution is 7.99. The average Bonchev–Trinajstić information content (AvgIpc) is 2.95. The van der Waals surface area contributed by atoms with Crippen LogP contribution in [0, 0.1) is 5.92 Å². The molecule has 2 aliphatic rings. The van der Waals surface area contributed by atoms with Gasteiger partial charge in [-0.05, 0) is 62.3 Å². The van der Waals surface area contributed by atoms with Gasteiger partial charge in [0.2, 0.25) is 0 Å². The molecule has 1 spiro atoms. The van der Waals surface area contributed by atoms with Crippen molar-refractivity contribution in [1.82, 2.24) is 5.32 Å². The van der Waals surface area contributed by atoms with E-state index in [0.717, 1.165) is 18.8 Å². The first-order valence-electron chi connectivity index (χ1n) is 7.25. The molecule has 1 aromatic heterocycles. The molecule has 0 amide bonds. The molecule has 2 unspecified atom stereocenters. The highest BCUT2D eigenvalue weighted by Crippen LogP contribution is 2.43. The van der Waals surface area contributed by atoms with E-state index in [2.05, 4.69) is 23.1 Å². The van der Waals surface area contributed by atoms with Gasteiger partial charge >= 0.3 is 0 Å². The summed E-state index contributed by atoms with van der Waals surface area (Å²) in [6, 6.07) is 4.39. The van der Waals surface area contributed by atoms with Crippen molar-refractivity contribution in [2.45, 2.75) is 37.3 Å². The number of hydrogen-bond acceptors (Lipinski definition) is 4. The second-order valence-electron chi connectivity index (χ2n) is 5.68. The van der Waals surface area contributed by atoms with Gasteiger partial charge in [0.05, 0.1) is 17.9 Å². The number of hydrogen-bond donors (Lipinski definition) is 1. The first-order valence-corrected chi connectivity index (χ1v) is 8.41. The fourth-order valence-electron chi connectivity index (χ4n) is 3.52. The van der Waals surface area contributed by atoms with Gasteiger partial charge in [0.25, 0.3) is 0 Å². The summed E-state index contributed by atoms with van der Waals surface area (Å²) in [5.74, 6) is 4.18. The normalized spacial score (nSPS) is 28.4. The van der Waals surface area contributed by atoms with Crippen LogP contribution in [0.15, 0.2) is 22.8 Å². The molecule has 4 heteroatoms. The molecule has 0 bridgehead atoms. The molecule has 2 atom stereocenters. The lowest BCUT2D eigenvalue weighted by Crippen LogP contribution is -2.45. The third-order valence-corrected chi connectivity index (χ3v) is 5.55. The molecule has 3 nitrogen and oxygen atoms in total. The summed E-state index contributed by atoms with van der Waals surface area (Å²) in [4.78, 5) is 0. The van der Waals surface area contributed by atoms with Crippen molar-refractivity contribution in [2.24, 2.45) is 5.92 Å². The van der Waals surface area contributed by atoms with Gasteiger partial charge in [-0.15, -0.1) is 0 Å². The molecule has 2 fully saturated rings. The van der Waals surface area contributed by atoms with E-state index in [0.29, 0.717) is 12.0 Å². The van der Waals surface area contributed by atoms with E-state index in [1.165, 1.54) is 30.8 Å². The van der Waals surface area contributed by atoms with Crippen molar-refractivity contribution in [3.8, 4) is 0 Å². The average molecular weight is 281 g/mol. The van der Waals surface area contributed by atoms with E-state index < -0.39 is 0 Å². The summed E-state index contributed by atoms with van der Waals surface area (Å²) < 4.78 is 11.8. The first-order chi connectivity index (χ1) is 9.33. The molecule has 19 heavy (non-hydrogen) atoms. The van der Waals surface area contributed by atoms with E-state index >= 15 is 0 Å². The molecule has 2 saturated heterocycles. The van der Waals surface area contributed by atoms with Crippen LogP contribution in [0.3, 0.4) is 0 Å². The molecular formula is C15H23NO2S. The van der Waals surface area contributed by atoms with E-state index in [1.807, 2.05) is 13.1 Å². The smallest absolute Gasteiger partial charge is 0.120 e. The number of rotatable bonds is 3. The Bertz CT molecular complexity index is 381. The summed E-state index contributed by atoms with van der Waals surface area (Å²) >= 11 is 2.06. The van der Waals surface area contributed by atoms with Gasteiger partial charge in [0.15, 0.2) is 0 Å². The minimum Gasteiger partial charge on any atom is -0.468 e. The standard InChI is InChI=1S/C15H23NO2S/c1-16-14(13-3-2-7-17-13)12-4-8-18-15(11-12)5-9-19-10-6-15/h2-3,7,12,14,16H,4-6,8-11H2,1H3. The summed E-state index contributed by atoms with van der Waals surface area (Å²) in [6.07, 6.45) is 6.48. The predicted octanol–water partition coefficient (Wildman–Crippen LogP) is 3.23. The highest BCUT2D eigenvalue weighted by atomic mass is 32.2. The topological polar surface area (TPSA) is 34.4 Å². The maximum absolute atomic E-state index is 6.18. The van der Waals surface area contributed by atoms with Crippen LogP contribution < -0.4 is 5.32 Å². The van der Waals surface area contributed by atoms with Crippen molar-refractivity contribution in [1.29, 1.82) is 0 Å². The third kappa shape index (κ3) is 2.86. The van der Waals surface area contributed by atoms with Crippen molar-refractivity contribution in [3.05, 3.63) is 24.2 Å². The molecule has 2 aliphatic heterocycles. The Morgan fingerprint density at radius 3 is 2.95 bits per heavy atom. The molecule has 106 valence electrons. The summed E-state index contributed by atoms with van der Waals surface area (Å²) in [6.45, 7) is 0.897. The Hall–Kier alpha value is -0.450. The molecule has 0 aliphatic carbocycles. The van der Waals surface area contributed by atoms with E-state index in [1.54, 1.807) is 6.26 Å². The van der Waals surface area contributed by atoms with Crippen LogP contribution in [-0.4, -0.2) is 30.8 Å². The van der Waals surface area contributed by atoms with Crippen LogP contribution >= 0.6 is 11.8 Å². The predicted molar refractivity (Wildman–Crippen MR) is 78.5 cm³/mol. The number of nitrogens with one attached hydrogen (secondary N) is 1. The van der Waals surface area contributed by atoms with Crippen LogP contribution in [-0.2, 0) is 4.74 Å². The van der Waals surface area contributed by atoms with Gasteiger partial charge in [-0.2, -0.15) is 11.8 Å². The maximum atomic E-state index is 6.18. The van der Waals surface area contributed by atoms with Crippen LogP contribution in [0.2, 0.25) is 0 Å². The van der Waals surface area contributed by atoms with E-state index in [-0.39, 0.29) is 5.60 Å². The largest absolute Gasteiger partial charge is 0.468 e. The van der Waals surface area contributed by atoms with Crippen LogP contribution in [0.4, 0.5) is 0 Å². The maximum Gasteiger partial charge on any atom is 0.120 e. The Kier molecular flexibility index (Phi) is 4.20. The Morgan fingerprint density at radius 1 is 1.42 bits per heavy atom. The number of furan rings is 1. The van der Waals surface area contributed by atoms with Gasteiger partial charge in [-0.3, -0.25) is 0 Å². The summed E-state index contributed by atoms with van der Waals surface area (Å²) in [5, 5.41) is 3.44. The lowest BCUT2D eigenvalue weighted by Gasteiger charge is -2.45. The SMILES string of the molecule is CNC(c1ccco1)C1CCOC2(CCSCC2)C1. The third-order valence-electron chi connectivity index (χ3n) is 4.57. The summed E-state index contributed by atoms with van der Waals surface area (Å²) in [7, 11) is 2.03.